The van der Waals surface area contributed by atoms with Crippen molar-refractivity contribution in [1.82, 2.24) is 0 Å². The zero-order chi connectivity index (χ0) is 47.8. The van der Waals surface area contributed by atoms with Crippen LogP contribution in [0, 0.1) is 0 Å². The summed E-state index contributed by atoms with van der Waals surface area (Å²) in [5.74, 6) is -0.316. The summed E-state index contributed by atoms with van der Waals surface area (Å²) in [6.07, 6.45) is 54.3. The van der Waals surface area contributed by atoms with Gasteiger partial charge in [-0.05, 0) is 77.0 Å². The predicted octanol–water partition coefficient (Wildman–Crippen LogP) is 14.0. The van der Waals surface area contributed by atoms with Crippen molar-refractivity contribution >= 4 is 5.97 Å². The molecule has 1 aliphatic rings. The Kier molecular flexibility index (Phi) is 45.4. The van der Waals surface area contributed by atoms with E-state index in [-0.39, 0.29) is 19.2 Å². The molecule has 0 radical (unpaired) electrons. The van der Waals surface area contributed by atoms with Crippen LogP contribution >= 0.6 is 0 Å². The summed E-state index contributed by atoms with van der Waals surface area (Å²) >= 11 is 0. The molecule has 0 aliphatic carbocycles. The van der Waals surface area contributed by atoms with Gasteiger partial charge in [-0.2, -0.15) is 0 Å². The Morgan fingerprint density at radius 1 is 0.485 bits per heavy atom. The first-order chi connectivity index (χ1) is 32.4. The highest BCUT2D eigenvalue weighted by molar-refractivity contribution is 5.69. The van der Waals surface area contributed by atoms with E-state index >= 15 is 0 Å². The van der Waals surface area contributed by atoms with Crippen LogP contribution in [0.1, 0.15) is 245 Å². The molecule has 4 N–H and O–H groups in total. The molecule has 9 heteroatoms. The number of unbranched alkanes of at least 4 members (excludes halogenated alkanes) is 29. The summed E-state index contributed by atoms with van der Waals surface area (Å²) in [5, 5.41) is 40.3. The average Bonchev–Trinajstić information content (AvgIpc) is 3.32. The van der Waals surface area contributed by atoms with Crippen LogP contribution in [-0.4, -0.2) is 89.6 Å². The van der Waals surface area contributed by atoms with Gasteiger partial charge in [0.15, 0.2) is 6.29 Å². The smallest absolute Gasteiger partial charge is 0.306 e. The number of ether oxygens (including phenoxy) is 4. The molecule has 9 nitrogen and oxygen atoms in total. The van der Waals surface area contributed by atoms with Crippen LogP contribution < -0.4 is 0 Å². The minimum Gasteiger partial charge on any atom is -0.457 e. The molecule has 0 saturated carbocycles. The lowest BCUT2D eigenvalue weighted by atomic mass is 9.99. The first kappa shape index (κ1) is 62.2. The van der Waals surface area contributed by atoms with E-state index in [0.717, 1.165) is 44.9 Å². The fourth-order valence-electron chi connectivity index (χ4n) is 8.38. The summed E-state index contributed by atoms with van der Waals surface area (Å²) in [5.41, 5.74) is 0. The number of carbonyl (C=O) groups excluding carboxylic acids is 1. The average molecular weight is 933 g/mol. The number of aliphatic hydroxyl groups is 4. The molecule has 0 aromatic carbocycles. The fraction of sp³-hybridized carbons (Fsp3) is 0.842. The lowest BCUT2D eigenvalue weighted by Crippen LogP contribution is -2.59. The molecule has 0 spiro atoms. The van der Waals surface area contributed by atoms with E-state index in [9.17, 15) is 25.2 Å². The molecule has 1 heterocycles. The number of carbonyl (C=O) groups is 1. The highest BCUT2D eigenvalue weighted by Crippen LogP contribution is 2.23. The van der Waals surface area contributed by atoms with E-state index in [1.165, 1.54) is 180 Å². The molecule has 0 bridgehead atoms. The third-order valence-electron chi connectivity index (χ3n) is 12.7. The van der Waals surface area contributed by atoms with Crippen molar-refractivity contribution in [3.63, 3.8) is 0 Å². The maximum atomic E-state index is 12.9. The van der Waals surface area contributed by atoms with Crippen molar-refractivity contribution in [3.05, 3.63) is 48.6 Å². The number of aliphatic hydroxyl groups excluding tert-OH is 4. The van der Waals surface area contributed by atoms with E-state index in [1.54, 1.807) is 0 Å². The lowest BCUT2D eigenvalue weighted by Gasteiger charge is -2.39. The van der Waals surface area contributed by atoms with Crippen LogP contribution in [0.25, 0.3) is 0 Å². The van der Waals surface area contributed by atoms with E-state index in [2.05, 4.69) is 62.5 Å². The molecule has 1 rings (SSSR count). The van der Waals surface area contributed by atoms with Gasteiger partial charge < -0.3 is 39.4 Å². The Balaban J connectivity index is 2.18. The summed E-state index contributed by atoms with van der Waals surface area (Å²) in [7, 11) is 0. The van der Waals surface area contributed by atoms with Gasteiger partial charge in [-0.1, -0.05) is 210 Å². The molecule has 386 valence electrons. The first-order valence-corrected chi connectivity index (χ1v) is 27.7. The molecule has 0 aromatic rings. The summed E-state index contributed by atoms with van der Waals surface area (Å²) in [6, 6.07) is 0. The number of hydrogen-bond donors (Lipinski definition) is 4. The molecule has 6 unspecified atom stereocenters. The Morgan fingerprint density at radius 2 is 0.879 bits per heavy atom. The van der Waals surface area contributed by atoms with Crippen molar-refractivity contribution in [2.24, 2.45) is 0 Å². The van der Waals surface area contributed by atoms with Gasteiger partial charge in [0.1, 0.15) is 30.5 Å². The van der Waals surface area contributed by atoms with Crippen molar-refractivity contribution in [1.29, 1.82) is 0 Å². The van der Waals surface area contributed by atoms with E-state index < -0.39 is 43.4 Å². The lowest BCUT2D eigenvalue weighted by molar-refractivity contribution is -0.305. The molecule has 1 fully saturated rings. The summed E-state index contributed by atoms with van der Waals surface area (Å²) < 4.78 is 22.9. The van der Waals surface area contributed by atoms with Crippen molar-refractivity contribution < 1.29 is 44.2 Å². The minimum absolute atomic E-state index is 0.116. The van der Waals surface area contributed by atoms with E-state index in [0.29, 0.717) is 13.0 Å². The SMILES string of the molecule is CCCCCCC/C=C\C/C=C\C/C=C\CCCCCCCCCCCOCC(COC1OC(CO)C(O)C(O)C1O)OC(=O)CCCCCCCCCCC/C=C\CCCCCCCC. The van der Waals surface area contributed by atoms with Crippen LogP contribution in [-0.2, 0) is 23.7 Å². The van der Waals surface area contributed by atoms with Gasteiger partial charge in [-0.3, -0.25) is 4.79 Å². The predicted molar refractivity (Wildman–Crippen MR) is 275 cm³/mol. The van der Waals surface area contributed by atoms with Gasteiger partial charge >= 0.3 is 5.97 Å². The van der Waals surface area contributed by atoms with Crippen molar-refractivity contribution in [2.75, 3.05) is 26.4 Å². The van der Waals surface area contributed by atoms with Crippen LogP contribution in [0.3, 0.4) is 0 Å². The van der Waals surface area contributed by atoms with Crippen LogP contribution in [0.15, 0.2) is 48.6 Å². The molecule has 0 aromatic heterocycles. The highest BCUT2D eigenvalue weighted by atomic mass is 16.7. The van der Waals surface area contributed by atoms with Crippen molar-refractivity contribution in [2.45, 2.75) is 282 Å². The second kappa shape index (κ2) is 48.2. The molecule has 1 aliphatic heterocycles. The minimum atomic E-state index is -1.54. The summed E-state index contributed by atoms with van der Waals surface area (Å²) in [4.78, 5) is 12.9. The Morgan fingerprint density at radius 3 is 1.33 bits per heavy atom. The Hall–Kier alpha value is -1.85. The second-order valence-electron chi connectivity index (χ2n) is 19.0. The third-order valence-corrected chi connectivity index (χ3v) is 12.7. The van der Waals surface area contributed by atoms with Gasteiger partial charge in [-0.25, -0.2) is 0 Å². The molecular formula is C57H104O9. The van der Waals surface area contributed by atoms with Crippen molar-refractivity contribution in [3.8, 4) is 0 Å². The number of rotatable bonds is 48. The fourth-order valence-corrected chi connectivity index (χ4v) is 8.38. The number of hydrogen-bond acceptors (Lipinski definition) is 9. The normalized spacial score (nSPS) is 19.6. The molecular weight excluding hydrogens is 829 g/mol. The number of esters is 1. The maximum Gasteiger partial charge on any atom is 0.306 e. The zero-order valence-electron chi connectivity index (χ0n) is 42.7. The second-order valence-corrected chi connectivity index (χ2v) is 19.0. The molecule has 66 heavy (non-hydrogen) atoms. The maximum absolute atomic E-state index is 12.9. The van der Waals surface area contributed by atoms with Gasteiger partial charge in [0.2, 0.25) is 0 Å². The van der Waals surface area contributed by atoms with Crippen LogP contribution in [0.2, 0.25) is 0 Å². The molecule has 1 saturated heterocycles. The highest BCUT2D eigenvalue weighted by Gasteiger charge is 2.44. The third kappa shape index (κ3) is 38.1. The van der Waals surface area contributed by atoms with E-state index in [4.69, 9.17) is 18.9 Å². The first-order valence-electron chi connectivity index (χ1n) is 27.7. The monoisotopic (exact) mass is 933 g/mol. The van der Waals surface area contributed by atoms with Crippen LogP contribution in [0.5, 0.6) is 0 Å². The van der Waals surface area contributed by atoms with Gasteiger partial charge in [0.05, 0.1) is 19.8 Å². The quantitative estimate of drug-likeness (QED) is 0.0267. The molecule has 0 amide bonds. The topological polar surface area (TPSA) is 135 Å². The zero-order valence-corrected chi connectivity index (χ0v) is 42.7. The largest absolute Gasteiger partial charge is 0.457 e. The Bertz CT molecular complexity index is 1150. The van der Waals surface area contributed by atoms with Crippen LogP contribution in [0.4, 0.5) is 0 Å². The van der Waals surface area contributed by atoms with Gasteiger partial charge in [0, 0.05) is 13.0 Å². The molecule has 6 atom stereocenters. The number of allylic oxidation sites excluding steroid dienone is 8. The standard InChI is InChI=1S/C57H104O9/c1-3-5-7-9-11-13-15-17-19-21-23-24-25-26-27-29-31-33-35-37-39-41-43-45-47-63-49-51(50-64-57-56(62)55(61)54(60)52(48-58)66-57)65-53(59)46-44-42-40-38-36-34-32-30-28-22-20-18-16-14-12-10-8-6-4-2/h15,17-18,20-21,23,25-26,51-52,54-58,60-62H,3-14,16,19,22,24,27-50H2,1-2H3/b17-15-,20-18-,23-21-,26-25-. The van der Waals surface area contributed by atoms with E-state index in [1.807, 2.05) is 0 Å². The Labute approximate surface area is 405 Å². The van der Waals surface area contributed by atoms with Gasteiger partial charge in [0.25, 0.3) is 0 Å². The van der Waals surface area contributed by atoms with Gasteiger partial charge in [-0.15, -0.1) is 0 Å². The summed E-state index contributed by atoms with van der Waals surface area (Å²) in [6.45, 7) is 4.56.